The summed E-state index contributed by atoms with van der Waals surface area (Å²) in [7, 11) is 1.55. The molecule has 29 heavy (non-hydrogen) atoms. The topological polar surface area (TPSA) is 222 Å². The molecule has 0 saturated heterocycles. The Morgan fingerprint density at radius 3 is 2.17 bits per heavy atom. The highest BCUT2D eigenvalue weighted by Crippen LogP contribution is 2.04. The van der Waals surface area contributed by atoms with Crippen molar-refractivity contribution in [1.29, 1.82) is 0 Å². The van der Waals surface area contributed by atoms with Crippen molar-refractivity contribution in [3.8, 4) is 0 Å². The number of rotatable bonds is 6. The van der Waals surface area contributed by atoms with Crippen LogP contribution in [0.15, 0.2) is 22.2 Å². The molecular weight excluding hydrogens is 388 g/mol. The lowest BCUT2D eigenvalue weighted by Crippen LogP contribution is -2.35. The van der Waals surface area contributed by atoms with Crippen LogP contribution in [0.1, 0.15) is 0 Å². The smallest absolute Gasteiger partial charge is 0.278 e. The van der Waals surface area contributed by atoms with Crippen LogP contribution in [0, 0.1) is 0 Å². The van der Waals surface area contributed by atoms with Crippen LogP contribution < -0.4 is 32.4 Å². The second-order valence-electron chi connectivity index (χ2n) is 5.20. The summed E-state index contributed by atoms with van der Waals surface area (Å²) >= 11 is 0. The van der Waals surface area contributed by atoms with Crippen molar-refractivity contribution in [2.24, 2.45) is 0 Å². The average Bonchev–Trinajstić information content (AvgIpc) is 3.36. The summed E-state index contributed by atoms with van der Waals surface area (Å²) in [6.45, 7) is 0. The van der Waals surface area contributed by atoms with E-state index in [0.717, 1.165) is 0 Å². The van der Waals surface area contributed by atoms with Crippen molar-refractivity contribution in [3.63, 3.8) is 0 Å². The van der Waals surface area contributed by atoms with Crippen LogP contribution in [0.4, 0.5) is 11.9 Å². The molecule has 16 heteroatoms. The Bertz CT molecular complexity index is 1250. The van der Waals surface area contributed by atoms with E-state index in [2.05, 4.69) is 56.1 Å². The number of carbonyl (C=O) groups is 2. The van der Waals surface area contributed by atoms with Crippen LogP contribution >= 0.6 is 0 Å². The number of hydrogen-bond acceptors (Lipinski definition) is 10. The molecule has 4 heterocycles. The van der Waals surface area contributed by atoms with Gasteiger partial charge in [-0.1, -0.05) is 0 Å². The molecule has 0 spiro atoms. The van der Waals surface area contributed by atoms with Gasteiger partial charge in [0.2, 0.25) is 24.7 Å². The number of anilines is 2. The molecule has 0 saturated carbocycles. The van der Waals surface area contributed by atoms with Gasteiger partial charge >= 0.3 is 0 Å². The van der Waals surface area contributed by atoms with Gasteiger partial charge in [-0.25, -0.2) is 9.97 Å². The number of amides is 2. The minimum Gasteiger partial charge on any atom is -0.339 e. The van der Waals surface area contributed by atoms with Gasteiger partial charge < -0.3 is 9.97 Å². The zero-order valence-electron chi connectivity index (χ0n) is 14.7. The number of aromatic nitrogens is 8. The molecule has 16 nitrogen and oxygen atoms in total. The number of nitrogens with one attached hydrogen (secondary N) is 7. The number of fused-ring (bicyclic) bond motifs is 2. The van der Waals surface area contributed by atoms with Crippen LogP contribution in [-0.4, -0.2) is 59.7 Å². The lowest BCUT2D eigenvalue weighted by molar-refractivity contribution is -0.110. The van der Waals surface area contributed by atoms with E-state index in [-0.39, 0.29) is 28.7 Å². The predicted molar refractivity (Wildman–Crippen MR) is 99.4 cm³/mol. The lowest BCUT2D eigenvalue weighted by Gasteiger charge is -2.14. The summed E-state index contributed by atoms with van der Waals surface area (Å²) < 4.78 is 0. The molecule has 0 aliphatic carbocycles. The van der Waals surface area contributed by atoms with Crippen molar-refractivity contribution in [2.45, 2.75) is 0 Å². The third-order valence-corrected chi connectivity index (χ3v) is 3.39. The zero-order valence-corrected chi connectivity index (χ0v) is 14.7. The summed E-state index contributed by atoms with van der Waals surface area (Å²) in [5, 5.41) is 1.28. The molecule has 4 aromatic heterocycles. The molecule has 0 radical (unpaired) electrons. The third-order valence-electron chi connectivity index (χ3n) is 3.39. The molecule has 0 fully saturated rings. The van der Waals surface area contributed by atoms with Gasteiger partial charge in [0.1, 0.15) is 0 Å². The Morgan fingerprint density at radius 1 is 0.931 bits per heavy atom. The number of hydrazine groups is 2. The lowest BCUT2D eigenvalue weighted by atomic mass is 10.5. The molecule has 150 valence electrons. The van der Waals surface area contributed by atoms with Gasteiger partial charge in [-0.3, -0.25) is 50.4 Å². The van der Waals surface area contributed by atoms with Gasteiger partial charge in [0.25, 0.3) is 11.1 Å². The first-order chi connectivity index (χ1) is 14.0. The van der Waals surface area contributed by atoms with Gasteiger partial charge in [-0.05, 0) is 0 Å². The van der Waals surface area contributed by atoms with E-state index in [1.54, 1.807) is 7.05 Å². The quantitative estimate of drug-likeness (QED) is 0.132. The Morgan fingerprint density at radius 2 is 1.55 bits per heavy atom. The van der Waals surface area contributed by atoms with E-state index < -0.39 is 0 Å². The van der Waals surface area contributed by atoms with Crippen molar-refractivity contribution in [1.82, 2.24) is 50.7 Å². The summed E-state index contributed by atoms with van der Waals surface area (Å²) in [6.07, 6.45) is 3.65. The van der Waals surface area contributed by atoms with Crippen molar-refractivity contribution >= 4 is 47.0 Å². The number of carbonyl (C=O) groups excluding carboxylic acids is 2. The molecule has 0 aromatic carbocycles. The fraction of sp³-hybridized carbons (Fsp3) is 0.0769. The van der Waals surface area contributed by atoms with Crippen LogP contribution in [-0.2, 0) is 9.59 Å². The molecule has 0 atom stereocenters. The molecule has 0 aliphatic heterocycles. The number of imidazole rings is 2. The van der Waals surface area contributed by atoms with E-state index in [0.29, 0.717) is 29.5 Å². The summed E-state index contributed by atoms with van der Waals surface area (Å²) in [5.74, 6) is 0.341. The minimum absolute atomic E-state index is 0.127. The number of H-pyrrole nitrogens is 4. The Labute approximate surface area is 159 Å². The van der Waals surface area contributed by atoms with E-state index in [4.69, 9.17) is 0 Å². The first-order valence-corrected chi connectivity index (χ1v) is 7.79. The van der Waals surface area contributed by atoms with E-state index in [1.807, 2.05) is 0 Å². The maximum Gasteiger partial charge on any atom is 0.278 e. The zero-order chi connectivity index (χ0) is 20.8. The second-order valence-corrected chi connectivity index (χ2v) is 5.20. The third kappa shape index (κ3) is 4.15. The molecule has 4 aromatic rings. The first-order valence-electron chi connectivity index (χ1n) is 7.79. The van der Waals surface area contributed by atoms with E-state index in [1.165, 1.54) is 17.7 Å². The van der Waals surface area contributed by atoms with Crippen molar-refractivity contribution in [3.05, 3.63) is 33.4 Å². The summed E-state index contributed by atoms with van der Waals surface area (Å²) in [4.78, 5) is 68.7. The minimum atomic E-state index is -0.359. The monoisotopic (exact) mass is 402 g/mol. The van der Waals surface area contributed by atoms with E-state index in [9.17, 15) is 19.2 Å². The van der Waals surface area contributed by atoms with Gasteiger partial charge in [0.15, 0.2) is 22.3 Å². The first kappa shape index (κ1) is 19.0. The molecule has 2 amide bonds. The van der Waals surface area contributed by atoms with Crippen molar-refractivity contribution < 1.29 is 9.59 Å². The Kier molecular flexibility index (Phi) is 5.43. The Hall–Kier alpha value is -4.76. The van der Waals surface area contributed by atoms with E-state index >= 15 is 0 Å². The molecular formula is C13H14N12O4. The van der Waals surface area contributed by atoms with Gasteiger partial charge in [0.05, 0.1) is 12.7 Å². The maximum atomic E-state index is 11.5. The van der Waals surface area contributed by atoms with Gasteiger partial charge in [0, 0.05) is 7.05 Å². The highest BCUT2D eigenvalue weighted by atomic mass is 16.1. The van der Waals surface area contributed by atoms with Crippen LogP contribution in [0.3, 0.4) is 0 Å². The second kappa shape index (κ2) is 8.29. The molecule has 0 aliphatic rings. The van der Waals surface area contributed by atoms with Crippen LogP contribution in [0.25, 0.3) is 22.3 Å². The fourth-order valence-corrected chi connectivity index (χ4v) is 2.13. The molecule has 0 unspecified atom stereocenters. The maximum absolute atomic E-state index is 11.5. The summed E-state index contributed by atoms with van der Waals surface area (Å²) in [5.41, 5.74) is 7.33. The largest absolute Gasteiger partial charge is 0.339 e. The van der Waals surface area contributed by atoms with Gasteiger partial charge in [-0.2, -0.15) is 9.97 Å². The van der Waals surface area contributed by atoms with Crippen molar-refractivity contribution in [2.75, 3.05) is 17.5 Å². The number of nitrogens with zero attached hydrogens (tertiary/aromatic N) is 5. The normalized spacial score (nSPS) is 10.1. The standard InChI is InChI=1S/C7H8N6O2.C6H6N6O2/c1-13(10-3-14)7-11-5-4(6(15)12-7)8-2-9-5;13-2-9-12-6-10-4-3(5(14)11-6)7-1-8-4/h2-3H,1H3,(H,10,14)(H2,8,9,11,12,15);1-2H,(H,9,13)(H3,7,8,10,11,12,14). The van der Waals surface area contributed by atoms with Crippen LogP contribution in [0.5, 0.6) is 0 Å². The Balaban J connectivity index is 0.000000166. The van der Waals surface area contributed by atoms with Gasteiger partial charge in [-0.15, -0.1) is 0 Å². The highest BCUT2D eigenvalue weighted by molar-refractivity contribution is 5.70. The fourth-order valence-electron chi connectivity index (χ4n) is 2.13. The molecule has 7 N–H and O–H groups in total. The van der Waals surface area contributed by atoms with Crippen LogP contribution in [0.2, 0.25) is 0 Å². The average molecular weight is 402 g/mol. The predicted octanol–water partition coefficient (Wildman–Crippen LogP) is -2.54. The molecule has 4 rings (SSSR count). The SMILES string of the molecule is CN(NC=O)c1nc2nc[nH]c2c(=O)[nH]1.O=CNNc1nc2nc[nH]c2c(=O)[nH]1. The number of hydrogen-bond donors (Lipinski definition) is 7. The highest BCUT2D eigenvalue weighted by Gasteiger charge is 2.08. The number of aromatic amines is 4. The molecule has 0 bridgehead atoms. The summed E-state index contributed by atoms with van der Waals surface area (Å²) in [6, 6.07) is 0.